The Hall–Kier alpha value is -2.37. The number of carbonyl (C=O) groups is 1. The largest absolute Gasteiger partial charge is 0.480 e. The van der Waals surface area contributed by atoms with Gasteiger partial charge in [0.25, 0.3) is 0 Å². The van der Waals surface area contributed by atoms with Gasteiger partial charge in [0.05, 0.1) is 0 Å². The van der Waals surface area contributed by atoms with Crippen LogP contribution in [-0.4, -0.2) is 25.4 Å². The van der Waals surface area contributed by atoms with Crippen LogP contribution in [0.15, 0.2) is 29.1 Å². The minimum absolute atomic E-state index is 0.432. The van der Waals surface area contributed by atoms with Gasteiger partial charge < -0.3 is 5.11 Å². The highest BCUT2D eigenvalue weighted by molar-refractivity contribution is 5.66. The second-order valence-corrected chi connectivity index (χ2v) is 4.08. The van der Waals surface area contributed by atoms with Gasteiger partial charge in [-0.15, -0.1) is 5.10 Å². The first-order chi connectivity index (χ1) is 8.49. The Balaban J connectivity index is 2.49. The molecule has 0 aliphatic heterocycles. The van der Waals surface area contributed by atoms with Gasteiger partial charge in [0.2, 0.25) is 0 Å². The maximum Gasteiger partial charge on any atom is 0.346 e. The zero-order chi connectivity index (χ0) is 13.3. The van der Waals surface area contributed by atoms with Gasteiger partial charge in [-0.2, -0.15) is 0 Å². The van der Waals surface area contributed by atoms with Crippen molar-refractivity contribution in [1.82, 2.24) is 14.3 Å². The van der Waals surface area contributed by atoms with E-state index >= 15 is 0 Å². The number of hydrogen-bond donors (Lipinski definition) is 1. The summed E-state index contributed by atoms with van der Waals surface area (Å²) in [7, 11) is 1.57. The summed E-state index contributed by atoms with van der Waals surface area (Å²) >= 11 is 0. The van der Waals surface area contributed by atoms with Crippen molar-refractivity contribution < 1.29 is 9.90 Å². The summed E-state index contributed by atoms with van der Waals surface area (Å²) in [5.41, 5.74) is 1.45. The molecule has 1 aromatic heterocycles. The first-order valence-corrected chi connectivity index (χ1v) is 5.41. The number of aryl methyl sites for hydroxylation is 1. The molecular formula is C12H13N3O3. The van der Waals surface area contributed by atoms with Crippen molar-refractivity contribution in [2.24, 2.45) is 7.05 Å². The Labute approximate surface area is 103 Å². The Morgan fingerprint density at radius 1 is 1.33 bits per heavy atom. The molecule has 94 valence electrons. The molecule has 1 aromatic carbocycles. The predicted molar refractivity (Wildman–Crippen MR) is 65.3 cm³/mol. The van der Waals surface area contributed by atoms with E-state index in [4.69, 9.17) is 5.11 Å². The molecular weight excluding hydrogens is 234 g/mol. The Morgan fingerprint density at radius 3 is 2.50 bits per heavy atom. The average molecular weight is 247 g/mol. The van der Waals surface area contributed by atoms with E-state index in [1.54, 1.807) is 7.05 Å². The third-order valence-corrected chi connectivity index (χ3v) is 2.64. The lowest BCUT2D eigenvalue weighted by Gasteiger charge is -1.99. The van der Waals surface area contributed by atoms with Gasteiger partial charge in [-0.05, 0) is 6.92 Å². The molecule has 0 radical (unpaired) electrons. The van der Waals surface area contributed by atoms with E-state index in [-0.39, 0.29) is 0 Å². The second-order valence-electron chi connectivity index (χ2n) is 4.08. The summed E-state index contributed by atoms with van der Waals surface area (Å²) in [6.07, 6.45) is 0. The molecule has 0 fully saturated rings. The summed E-state index contributed by atoms with van der Waals surface area (Å²) in [5.74, 6) is -0.632. The van der Waals surface area contributed by atoms with Gasteiger partial charge >= 0.3 is 11.7 Å². The van der Waals surface area contributed by atoms with E-state index in [0.29, 0.717) is 5.82 Å². The number of aliphatic carboxylic acids is 1. The summed E-state index contributed by atoms with van der Waals surface area (Å²) in [4.78, 5) is 22.4. The highest BCUT2D eigenvalue weighted by Gasteiger charge is 2.13. The van der Waals surface area contributed by atoms with Crippen LogP contribution in [0.1, 0.15) is 5.56 Å². The topological polar surface area (TPSA) is 77.1 Å². The molecule has 0 spiro atoms. The third kappa shape index (κ3) is 2.17. The third-order valence-electron chi connectivity index (χ3n) is 2.64. The van der Waals surface area contributed by atoms with Crippen molar-refractivity contribution >= 4 is 5.97 Å². The lowest BCUT2D eigenvalue weighted by molar-refractivity contribution is -0.137. The zero-order valence-electron chi connectivity index (χ0n) is 10.1. The van der Waals surface area contributed by atoms with E-state index in [1.165, 1.54) is 4.57 Å². The Morgan fingerprint density at radius 2 is 1.94 bits per heavy atom. The van der Waals surface area contributed by atoms with Crippen molar-refractivity contribution in [3.05, 3.63) is 40.3 Å². The fourth-order valence-electron chi connectivity index (χ4n) is 1.67. The van der Waals surface area contributed by atoms with Crippen molar-refractivity contribution in [2.75, 3.05) is 0 Å². The van der Waals surface area contributed by atoms with Gasteiger partial charge in [0.15, 0.2) is 5.82 Å². The van der Waals surface area contributed by atoms with Crippen LogP contribution in [0.2, 0.25) is 0 Å². The molecule has 6 heteroatoms. The summed E-state index contributed by atoms with van der Waals surface area (Å²) in [6.45, 7) is 1.53. The van der Waals surface area contributed by atoms with E-state index in [2.05, 4.69) is 5.10 Å². The standard InChI is InChI=1S/C12H13N3O3/c1-8-3-5-9(6-4-8)11-13-15(7-10(16)17)12(18)14(11)2/h3-6H,7H2,1-2H3,(H,16,17). The fourth-order valence-corrected chi connectivity index (χ4v) is 1.67. The average Bonchev–Trinajstić information content (AvgIpc) is 2.58. The highest BCUT2D eigenvalue weighted by atomic mass is 16.4. The van der Waals surface area contributed by atoms with E-state index in [9.17, 15) is 9.59 Å². The van der Waals surface area contributed by atoms with Gasteiger partial charge in [0, 0.05) is 12.6 Å². The van der Waals surface area contributed by atoms with Gasteiger partial charge in [-0.3, -0.25) is 9.36 Å². The van der Waals surface area contributed by atoms with Crippen LogP contribution < -0.4 is 5.69 Å². The molecule has 0 aliphatic rings. The second kappa shape index (κ2) is 4.48. The number of rotatable bonds is 3. The number of hydrogen-bond acceptors (Lipinski definition) is 3. The predicted octanol–water partition coefficient (Wildman–Crippen LogP) is 0.642. The van der Waals surface area contributed by atoms with E-state index in [1.807, 2.05) is 31.2 Å². The quantitative estimate of drug-likeness (QED) is 0.863. The first kappa shape index (κ1) is 12.1. The van der Waals surface area contributed by atoms with Crippen molar-refractivity contribution in [3.8, 4) is 11.4 Å². The number of carboxylic acids is 1. The van der Waals surface area contributed by atoms with Crippen LogP contribution in [0.5, 0.6) is 0 Å². The molecule has 0 atom stereocenters. The summed E-state index contributed by atoms with van der Waals surface area (Å²) in [6, 6.07) is 7.52. The molecule has 6 nitrogen and oxygen atoms in total. The lowest BCUT2D eigenvalue weighted by atomic mass is 10.1. The molecule has 2 aromatic rings. The number of aromatic nitrogens is 3. The van der Waals surface area contributed by atoms with E-state index < -0.39 is 18.2 Å². The van der Waals surface area contributed by atoms with Gasteiger partial charge in [-0.25, -0.2) is 9.48 Å². The molecule has 0 unspecified atom stereocenters. The molecule has 18 heavy (non-hydrogen) atoms. The molecule has 2 rings (SSSR count). The fraction of sp³-hybridized carbons (Fsp3) is 0.250. The van der Waals surface area contributed by atoms with Crippen LogP contribution in [0, 0.1) is 6.92 Å². The normalized spacial score (nSPS) is 10.6. The molecule has 0 bridgehead atoms. The van der Waals surface area contributed by atoms with Crippen LogP contribution in [0.25, 0.3) is 11.4 Å². The van der Waals surface area contributed by atoms with Crippen LogP contribution >= 0.6 is 0 Å². The summed E-state index contributed by atoms with van der Waals surface area (Å²) in [5, 5.41) is 12.7. The first-order valence-electron chi connectivity index (χ1n) is 5.41. The minimum Gasteiger partial charge on any atom is -0.480 e. The highest BCUT2D eigenvalue weighted by Crippen LogP contribution is 2.15. The maximum absolute atomic E-state index is 11.8. The zero-order valence-corrected chi connectivity index (χ0v) is 10.1. The number of benzene rings is 1. The van der Waals surface area contributed by atoms with Crippen LogP contribution in [0.3, 0.4) is 0 Å². The smallest absolute Gasteiger partial charge is 0.346 e. The van der Waals surface area contributed by atoms with Crippen molar-refractivity contribution in [1.29, 1.82) is 0 Å². The number of carboxylic acid groups (broad SMARTS) is 1. The number of nitrogens with zero attached hydrogens (tertiary/aromatic N) is 3. The molecule has 0 saturated heterocycles. The van der Waals surface area contributed by atoms with Crippen molar-refractivity contribution in [2.45, 2.75) is 13.5 Å². The van der Waals surface area contributed by atoms with Crippen molar-refractivity contribution in [3.63, 3.8) is 0 Å². The minimum atomic E-state index is -1.09. The molecule has 1 heterocycles. The van der Waals surface area contributed by atoms with Crippen LogP contribution in [0.4, 0.5) is 0 Å². The monoisotopic (exact) mass is 247 g/mol. The van der Waals surface area contributed by atoms with Gasteiger partial charge in [0.1, 0.15) is 6.54 Å². The van der Waals surface area contributed by atoms with Crippen LogP contribution in [-0.2, 0) is 18.4 Å². The molecule has 0 aliphatic carbocycles. The SMILES string of the molecule is Cc1ccc(-c2nn(CC(=O)O)c(=O)n2C)cc1. The maximum atomic E-state index is 11.8. The Kier molecular flexibility index (Phi) is 3.01. The Bertz CT molecular complexity index is 638. The lowest BCUT2D eigenvalue weighted by Crippen LogP contribution is -2.26. The molecule has 0 saturated carbocycles. The molecule has 1 N–H and O–H groups in total. The van der Waals surface area contributed by atoms with E-state index in [0.717, 1.165) is 15.8 Å². The molecule has 0 amide bonds. The summed E-state index contributed by atoms with van der Waals surface area (Å²) < 4.78 is 2.28. The van der Waals surface area contributed by atoms with Gasteiger partial charge in [-0.1, -0.05) is 29.8 Å².